The number of methoxy groups -OCH3 is 1. The molecule has 1 aliphatic carbocycles. The summed E-state index contributed by atoms with van der Waals surface area (Å²) < 4.78 is 5.18. The molecule has 2 aromatic carbocycles. The molecular weight excluding hydrogens is 400 g/mol. The van der Waals surface area contributed by atoms with E-state index in [-0.39, 0.29) is 24.1 Å². The number of hydrogen-bond acceptors (Lipinski definition) is 4. The van der Waals surface area contributed by atoms with E-state index in [1.165, 1.54) is 7.11 Å². The molecule has 0 radical (unpaired) electrons. The van der Waals surface area contributed by atoms with Crippen LogP contribution in [0.25, 0.3) is 0 Å². The number of ether oxygens (including phenoxy) is 1. The van der Waals surface area contributed by atoms with Crippen LogP contribution < -0.4 is 5.32 Å². The molecular formula is C27H32N2O3. The Kier molecular flexibility index (Phi) is 6.47. The fourth-order valence-corrected chi connectivity index (χ4v) is 5.10. The second-order valence-electron chi connectivity index (χ2n) is 8.90. The number of nitrogens with zero attached hydrogens (tertiary/aromatic N) is 1. The number of benzene rings is 2. The highest BCUT2D eigenvalue weighted by atomic mass is 16.5. The van der Waals surface area contributed by atoms with Crippen LogP contribution in [0.2, 0.25) is 0 Å². The van der Waals surface area contributed by atoms with Crippen LogP contribution in [0.1, 0.15) is 66.9 Å². The first-order valence-corrected chi connectivity index (χ1v) is 11.4. The lowest BCUT2D eigenvalue weighted by molar-refractivity contribution is -0.144. The Morgan fingerprint density at radius 3 is 2.50 bits per heavy atom. The summed E-state index contributed by atoms with van der Waals surface area (Å²) >= 11 is 0. The Balaban J connectivity index is 1.74. The number of esters is 1. The molecule has 3 atom stereocenters. The van der Waals surface area contributed by atoms with Gasteiger partial charge in [0.2, 0.25) is 0 Å². The van der Waals surface area contributed by atoms with E-state index in [4.69, 9.17) is 4.74 Å². The molecule has 2 aromatic rings. The zero-order valence-electron chi connectivity index (χ0n) is 19.4. The number of carbonyl (C=O) groups excluding carboxylic acids is 2. The van der Waals surface area contributed by atoms with Gasteiger partial charge in [0.25, 0.3) is 5.91 Å². The second-order valence-corrected chi connectivity index (χ2v) is 8.90. The topological polar surface area (TPSA) is 58.6 Å². The molecule has 32 heavy (non-hydrogen) atoms. The maximum atomic E-state index is 13.5. The quantitative estimate of drug-likeness (QED) is 0.659. The van der Waals surface area contributed by atoms with Crippen molar-refractivity contribution in [2.45, 2.75) is 64.7 Å². The van der Waals surface area contributed by atoms with Gasteiger partial charge in [0.15, 0.2) is 0 Å². The second kappa shape index (κ2) is 9.29. The molecule has 0 saturated heterocycles. The largest absolute Gasteiger partial charge is 0.468 e. The summed E-state index contributed by atoms with van der Waals surface area (Å²) in [7, 11) is 1.41. The van der Waals surface area contributed by atoms with Gasteiger partial charge in [-0.05, 0) is 68.7 Å². The summed E-state index contributed by atoms with van der Waals surface area (Å²) in [5.41, 5.74) is 6.17. The molecule has 1 aliphatic heterocycles. The van der Waals surface area contributed by atoms with Gasteiger partial charge < -0.3 is 9.64 Å². The van der Waals surface area contributed by atoms with Crippen LogP contribution in [0.3, 0.4) is 0 Å². The minimum atomic E-state index is -0.655. The van der Waals surface area contributed by atoms with Crippen molar-refractivity contribution >= 4 is 11.9 Å². The van der Waals surface area contributed by atoms with Crippen molar-refractivity contribution in [3.63, 3.8) is 0 Å². The van der Waals surface area contributed by atoms with Crippen molar-refractivity contribution in [2.75, 3.05) is 7.11 Å². The molecule has 0 saturated carbocycles. The first kappa shape index (κ1) is 22.3. The Hall–Kier alpha value is -2.92. The monoisotopic (exact) mass is 432 g/mol. The van der Waals surface area contributed by atoms with E-state index in [1.807, 2.05) is 61.2 Å². The molecule has 0 spiro atoms. The smallest absolute Gasteiger partial charge is 0.327 e. The molecule has 0 fully saturated rings. The molecule has 5 nitrogen and oxygen atoms in total. The lowest BCUT2D eigenvalue weighted by atomic mass is 9.91. The van der Waals surface area contributed by atoms with Crippen LogP contribution in [0.15, 0.2) is 59.7 Å². The predicted octanol–water partition coefficient (Wildman–Crippen LogP) is 4.91. The van der Waals surface area contributed by atoms with Crippen molar-refractivity contribution in [1.29, 1.82) is 0 Å². The van der Waals surface area contributed by atoms with Crippen LogP contribution >= 0.6 is 0 Å². The van der Waals surface area contributed by atoms with Crippen molar-refractivity contribution in [3.05, 3.63) is 81.9 Å². The Morgan fingerprint density at radius 2 is 1.81 bits per heavy atom. The molecule has 2 aliphatic rings. The summed E-state index contributed by atoms with van der Waals surface area (Å²) in [4.78, 5) is 28.4. The van der Waals surface area contributed by atoms with Gasteiger partial charge in [0, 0.05) is 5.57 Å². The molecule has 5 heteroatoms. The van der Waals surface area contributed by atoms with E-state index >= 15 is 0 Å². The minimum absolute atomic E-state index is 0.0813. The average Bonchev–Trinajstić information content (AvgIpc) is 3.09. The third kappa shape index (κ3) is 4.09. The van der Waals surface area contributed by atoms with E-state index in [2.05, 4.69) is 18.3 Å². The lowest BCUT2D eigenvalue weighted by Crippen LogP contribution is -2.49. The molecule has 1 N–H and O–H groups in total. The van der Waals surface area contributed by atoms with Crippen molar-refractivity contribution < 1.29 is 14.3 Å². The van der Waals surface area contributed by atoms with Gasteiger partial charge in [-0.15, -0.1) is 0 Å². The fraction of sp³-hybridized carbons (Fsp3) is 0.407. The zero-order chi connectivity index (χ0) is 22.8. The summed E-state index contributed by atoms with van der Waals surface area (Å²) in [5.74, 6) is -0.264. The summed E-state index contributed by atoms with van der Waals surface area (Å²) in [6.45, 7) is 6.11. The minimum Gasteiger partial charge on any atom is -0.468 e. The predicted molar refractivity (Wildman–Crippen MR) is 125 cm³/mol. The van der Waals surface area contributed by atoms with Crippen LogP contribution in [0.5, 0.6) is 0 Å². The summed E-state index contributed by atoms with van der Waals surface area (Å²) in [5, 5.41) is 3.55. The van der Waals surface area contributed by atoms with Gasteiger partial charge in [0.05, 0.1) is 13.2 Å². The molecule has 1 amide bonds. The Labute approximate surface area is 190 Å². The molecule has 168 valence electrons. The number of amides is 1. The Morgan fingerprint density at radius 1 is 1.09 bits per heavy atom. The van der Waals surface area contributed by atoms with E-state index < -0.39 is 6.04 Å². The Bertz CT molecular complexity index is 1040. The van der Waals surface area contributed by atoms with Gasteiger partial charge in [0.1, 0.15) is 12.2 Å². The number of aryl methyl sites for hydroxylation is 2. The van der Waals surface area contributed by atoms with E-state index in [9.17, 15) is 9.59 Å². The maximum absolute atomic E-state index is 13.5. The van der Waals surface area contributed by atoms with Gasteiger partial charge in [-0.3, -0.25) is 10.1 Å². The average molecular weight is 433 g/mol. The van der Waals surface area contributed by atoms with E-state index in [0.29, 0.717) is 0 Å². The molecule has 0 unspecified atom stereocenters. The first-order valence-electron chi connectivity index (χ1n) is 11.4. The molecule has 0 bridgehead atoms. The normalized spacial score (nSPS) is 20.2. The lowest BCUT2D eigenvalue weighted by Gasteiger charge is -2.36. The van der Waals surface area contributed by atoms with Gasteiger partial charge in [-0.1, -0.05) is 54.1 Å². The van der Waals surface area contributed by atoms with Gasteiger partial charge in [-0.25, -0.2) is 4.79 Å². The number of carbonyl (C=O) groups is 2. The summed E-state index contributed by atoms with van der Waals surface area (Å²) in [6, 6.07) is 15.4. The van der Waals surface area contributed by atoms with Crippen molar-refractivity contribution in [3.8, 4) is 0 Å². The summed E-state index contributed by atoms with van der Waals surface area (Å²) in [6.07, 6.45) is 3.43. The third-order valence-electron chi connectivity index (χ3n) is 6.81. The van der Waals surface area contributed by atoms with E-state index in [0.717, 1.165) is 59.1 Å². The van der Waals surface area contributed by atoms with E-state index in [1.54, 1.807) is 0 Å². The SMILES string of the molecule is COC(=O)[C@H](N[C@@H]1C2=C(CCCC2)C(=O)N1[C@H](C)c1ccccc1)c1ccc(C)cc1C. The van der Waals surface area contributed by atoms with Crippen molar-refractivity contribution in [1.82, 2.24) is 10.2 Å². The first-order chi connectivity index (χ1) is 15.4. The zero-order valence-corrected chi connectivity index (χ0v) is 19.4. The van der Waals surface area contributed by atoms with Gasteiger partial charge >= 0.3 is 5.97 Å². The molecule has 1 heterocycles. The highest BCUT2D eigenvalue weighted by Crippen LogP contribution is 2.40. The van der Waals surface area contributed by atoms with Gasteiger partial charge in [-0.2, -0.15) is 0 Å². The highest BCUT2D eigenvalue weighted by molar-refractivity contribution is 5.98. The van der Waals surface area contributed by atoms with Crippen LogP contribution in [0.4, 0.5) is 0 Å². The van der Waals surface area contributed by atoms with Crippen LogP contribution in [-0.4, -0.2) is 30.1 Å². The highest BCUT2D eigenvalue weighted by Gasteiger charge is 2.44. The fourth-order valence-electron chi connectivity index (χ4n) is 5.10. The van der Waals surface area contributed by atoms with Crippen LogP contribution in [0, 0.1) is 13.8 Å². The number of hydrogen-bond donors (Lipinski definition) is 1. The molecule has 0 aromatic heterocycles. The van der Waals surface area contributed by atoms with Crippen LogP contribution in [-0.2, 0) is 14.3 Å². The number of rotatable bonds is 6. The number of nitrogens with one attached hydrogen (secondary N) is 1. The third-order valence-corrected chi connectivity index (χ3v) is 6.81. The molecule has 4 rings (SSSR count). The standard InChI is InChI=1S/C27H32N2O3/c1-17-14-15-21(18(2)16-17)24(27(31)32-4)28-25-22-12-8-9-13-23(22)26(30)29(25)19(3)20-10-6-5-7-11-20/h5-7,10-11,14-16,19,24-25,28H,8-9,12-13H2,1-4H3/t19-,24-,25+/m1/s1. The van der Waals surface area contributed by atoms with Crippen molar-refractivity contribution in [2.24, 2.45) is 0 Å². The maximum Gasteiger partial charge on any atom is 0.327 e.